The van der Waals surface area contributed by atoms with E-state index >= 15 is 0 Å². The zero-order chi connectivity index (χ0) is 23.2. The lowest BCUT2D eigenvalue weighted by atomic mass is 10.0. The number of phenols is 1. The van der Waals surface area contributed by atoms with E-state index in [-0.39, 0.29) is 18.7 Å². The molecule has 0 bridgehead atoms. The summed E-state index contributed by atoms with van der Waals surface area (Å²) in [5.41, 5.74) is 7.42. The van der Waals surface area contributed by atoms with Crippen molar-refractivity contribution in [2.24, 2.45) is 5.73 Å². The molecule has 0 spiro atoms. The van der Waals surface area contributed by atoms with Gasteiger partial charge in [0.05, 0.1) is 12.2 Å². The number of para-hydroxylation sites is 1. The van der Waals surface area contributed by atoms with Crippen molar-refractivity contribution in [3.8, 4) is 5.75 Å². The summed E-state index contributed by atoms with van der Waals surface area (Å²) in [5, 5.41) is 17.9. The molecular formula is C22H29N3O5S. The van der Waals surface area contributed by atoms with E-state index in [9.17, 15) is 18.3 Å². The van der Waals surface area contributed by atoms with Crippen molar-refractivity contribution in [1.29, 1.82) is 5.41 Å². The van der Waals surface area contributed by atoms with E-state index in [2.05, 4.69) is 13.8 Å². The Hall–Kier alpha value is -2.91. The van der Waals surface area contributed by atoms with Gasteiger partial charge in [-0.25, -0.2) is 8.42 Å². The van der Waals surface area contributed by atoms with E-state index in [1.807, 2.05) is 24.3 Å². The van der Waals surface area contributed by atoms with E-state index in [4.69, 9.17) is 15.9 Å². The molecule has 0 saturated carbocycles. The number of carbonyl (C=O) groups excluding carboxylic acids is 1. The first-order chi connectivity index (χ1) is 14.6. The average Bonchev–Trinajstić information content (AvgIpc) is 2.71. The second kappa shape index (κ2) is 10.4. The number of benzene rings is 2. The van der Waals surface area contributed by atoms with Crippen LogP contribution in [0.5, 0.6) is 5.75 Å². The highest BCUT2D eigenvalue weighted by Crippen LogP contribution is 2.29. The van der Waals surface area contributed by atoms with Gasteiger partial charge in [0.2, 0.25) is 10.0 Å². The minimum absolute atomic E-state index is 0.00586. The summed E-state index contributed by atoms with van der Waals surface area (Å²) < 4.78 is 32.5. The van der Waals surface area contributed by atoms with Crippen LogP contribution in [0.4, 0.5) is 0 Å². The number of nitrogen functional groups attached to an aromatic ring is 1. The number of sulfonamides is 1. The number of nitrogens with zero attached hydrogens (tertiary/aromatic N) is 1. The number of aromatic hydroxyl groups is 1. The number of rotatable bonds is 10. The molecule has 8 nitrogen and oxygen atoms in total. The molecule has 0 saturated heterocycles. The lowest BCUT2D eigenvalue weighted by molar-refractivity contribution is -0.143. The first kappa shape index (κ1) is 24.4. The average molecular weight is 448 g/mol. The Kier molecular flexibility index (Phi) is 8.18. The molecular weight excluding hydrogens is 418 g/mol. The van der Waals surface area contributed by atoms with E-state index in [1.165, 1.54) is 23.8 Å². The summed E-state index contributed by atoms with van der Waals surface area (Å²) in [7, 11) is -4.26. The van der Waals surface area contributed by atoms with Gasteiger partial charge in [-0.05, 0) is 42.5 Å². The van der Waals surface area contributed by atoms with Crippen LogP contribution in [0.25, 0.3) is 0 Å². The Bertz CT molecular complexity index is 1030. The van der Waals surface area contributed by atoms with Gasteiger partial charge in [-0.2, -0.15) is 4.31 Å². The first-order valence-electron chi connectivity index (χ1n) is 9.98. The van der Waals surface area contributed by atoms with Gasteiger partial charge < -0.3 is 15.6 Å². The smallest absolute Gasteiger partial charge is 0.321 e. The third-order valence-corrected chi connectivity index (χ3v) is 6.69. The topological polar surface area (TPSA) is 134 Å². The van der Waals surface area contributed by atoms with Crippen molar-refractivity contribution in [3.63, 3.8) is 0 Å². The molecule has 0 atom stereocenters. The van der Waals surface area contributed by atoms with Gasteiger partial charge in [-0.15, -0.1) is 0 Å². The van der Waals surface area contributed by atoms with Crippen LogP contribution in [-0.4, -0.2) is 49.3 Å². The highest BCUT2D eigenvalue weighted by atomic mass is 32.2. The number of esters is 1. The van der Waals surface area contributed by atoms with Crippen LogP contribution in [0.15, 0.2) is 47.4 Å². The van der Waals surface area contributed by atoms with Crippen LogP contribution < -0.4 is 5.73 Å². The number of carbonyl (C=O) groups is 1. The van der Waals surface area contributed by atoms with Crippen LogP contribution in [0.1, 0.15) is 43.4 Å². The third kappa shape index (κ3) is 6.05. The maximum atomic E-state index is 13.3. The van der Waals surface area contributed by atoms with Crippen LogP contribution in [0, 0.1) is 5.41 Å². The normalized spacial score (nSPS) is 11.6. The molecule has 0 aromatic heterocycles. The van der Waals surface area contributed by atoms with Crippen molar-refractivity contribution < 1.29 is 23.1 Å². The van der Waals surface area contributed by atoms with Crippen LogP contribution in [0.3, 0.4) is 0 Å². The zero-order valence-electron chi connectivity index (χ0n) is 18.0. The van der Waals surface area contributed by atoms with Gasteiger partial charge >= 0.3 is 5.97 Å². The molecule has 2 rings (SSSR count). The van der Waals surface area contributed by atoms with Crippen molar-refractivity contribution in [2.75, 3.05) is 19.7 Å². The highest BCUT2D eigenvalue weighted by Gasteiger charge is 2.30. The van der Waals surface area contributed by atoms with Crippen molar-refractivity contribution in [3.05, 3.63) is 59.2 Å². The van der Waals surface area contributed by atoms with Gasteiger partial charge in [0.1, 0.15) is 23.0 Å². The van der Waals surface area contributed by atoms with E-state index in [1.54, 1.807) is 6.92 Å². The molecule has 9 heteroatoms. The predicted molar refractivity (Wildman–Crippen MR) is 119 cm³/mol. The second-order valence-corrected chi connectivity index (χ2v) is 9.26. The fourth-order valence-corrected chi connectivity index (χ4v) is 4.53. The van der Waals surface area contributed by atoms with Crippen LogP contribution in [0.2, 0.25) is 0 Å². The quantitative estimate of drug-likeness (QED) is 0.291. The maximum Gasteiger partial charge on any atom is 0.321 e. The highest BCUT2D eigenvalue weighted by molar-refractivity contribution is 7.89. The number of nitrogens with one attached hydrogen (secondary N) is 1. The molecule has 0 unspecified atom stereocenters. The molecule has 0 aliphatic rings. The minimum Gasteiger partial charge on any atom is -0.506 e. The molecule has 0 aliphatic carbocycles. The number of hydrogen-bond donors (Lipinski definition) is 3. The van der Waals surface area contributed by atoms with Gasteiger partial charge in [0.25, 0.3) is 0 Å². The molecule has 0 aliphatic heterocycles. The molecule has 2 aromatic carbocycles. The van der Waals surface area contributed by atoms with Crippen LogP contribution >= 0.6 is 0 Å². The number of amidine groups is 1. The largest absolute Gasteiger partial charge is 0.506 e. The molecule has 2 aromatic rings. The number of nitrogens with two attached hydrogens (primary N) is 1. The standard InChI is InChI=1S/C22H29N3O5S/c1-4-30-20(26)14-25(13-12-16-8-10-17(11-9-16)15(2)3)31(28,29)19-7-5-6-18(21(19)27)22(23)24/h5-11,15,27H,4,12-14H2,1-3H3,(H3,23,24). The monoisotopic (exact) mass is 447 g/mol. The summed E-state index contributed by atoms with van der Waals surface area (Å²) in [4.78, 5) is 11.7. The minimum atomic E-state index is -4.26. The Balaban J connectivity index is 2.35. The fourth-order valence-electron chi connectivity index (χ4n) is 3.04. The molecule has 0 fully saturated rings. The number of ether oxygens (including phenoxy) is 1. The first-order valence-corrected chi connectivity index (χ1v) is 11.4. The molecule has 0 amide bonds. The lowest BCUT2D eigenvalue weighted by Crippen LogP contribution is -2.38. The van der Waals surface area contributed by atoms with Gasteiger partial charge in [0, 0.05) is 6.54 Å². The summed E-state index contributed by atoms with van der Waals surface area (Å²) >= 11 is 0. The molecule has 0 radical (unpaired) electrons. The van der Waals surface area contributed by atoms with Crippen LogP contribution in [-0.2, 0) is 26.0 Å². The summed E-state index contributed by atoms with van der Waals surface area (Å²) in [6.45, 7) is 5.44. The summed E-state index contributed by atoms with van der Waals surface area (Å²) in [5.74, 6) is -1.39. The number of phenolic OH excluding ortho intramolecular Hbond substituents is 1. The summed E-state index contributed by atoms with van der Waals surface area (Å²) in [6.07, 6.45) is 0.365. The van der Waals surface area contributed by atoms with E-state index in [0.29, 0.717) is 12.3 Å². The number of hydrogen-bond acceptors (Lipinski definition) is 6. The Morgan fingerprint density at radius 2 is 1.84 bits per heavy atom. The Morgan fingerprint density at radius 1 is 1.19 bits per heavy atom. The predicted octanol–water partition coefficient (Wildman–Crippen LogP) is 2.60. The molecule has 4 N–H and O–H groups in total. The van der Waals surface area contributed by atoms with Crippen molar-refractivity contribution >= 4 is 21.8 Å². The SMILES string of the molecule is CCOC(=O)CN(CCc1ccc(C(C)C)cc1)S(=O)(=O)c1cccc(C(=N)N)c1O. The van der Waals surface area contributed by atoms with Gasteiger partial charge in [-0.3, -0.25) is 10.2 Å². The fraction of sp³-hybridized carbons (Fsp3) is 0.364. The molecule has 31 heavy (non-hydrogen) atoms. The second-order valence-electron chi connectivity index (χ2n) is 7.36. The van der Waals surface area contributed by atoms with Crippen molar-refractivity contribution in [1.82, 2.24) is 4.31 Å². The third-order valence-electron chi connectivity index (χ3n) is 4.81. The Morgan fingerprint density at radius 3 is 2.39 bits per heavy atom. The molecule has 0 heterocycles. The molecule has 168 valence electrons. The van der Waals surface area contributed by atoms with Gasteiger partial charge in [0.15, 0.2) is 0 Å². The summed E-state index contributed by atoms with van der Waals surface area (Å²) in [6, 6.07) is 11.8. The van der Waals surface area contributed by atoms with E-state index in [0.717, 1.165) is 9.87 Å². The van der Waals surface area contributed by atoms with Gasteiger partial charge in [-0.1, -0.05) is 44.2 Å². The maximum absolute atomic E-state index is 13.3. The van der Waals surface area contributed by atoms with Crippen molar-refractivity contribution in [2.45, 2.75) is 38.0 Å². The lowest BCUT2D eigenvalue weighted by Gasteiger charge is -2.22. The zero-order valence-corrected chi connectivity index (χ0v) is 18.8. The van der Waals surface area contributed by atoms with E-state index < -0.39 is 39.0 Å². The Labute approximate surface area is 183 Å².